The molecule has 0 aliphatic heterocycles. The van der Waals surface area contributed by atoms with Crippen molar-refractivity contribution in [1.29, 1.82) is 0 Å². The number of benzene rings is 3. The number of hydrogen-bond acceptors (Lipinski definition) is 8. The molecule has 0 radical (unpaired) electrons. The third-order valence-corrected chi connectivity index (χ3v) is 6.45. The second-order valence-corrected chi connectivity index (χ2v) is 9.59. The summed E-state index contributed by atoms with van der Waals surface area (Å²) >= 11 is 4.75. The molecule has 4 aromatic rings. The summed E-state index contributed by atoms with van der Waals surface area (Å²) in [5.41, 5.74) is 10.0. The van der Waals surface area contributed by atoms with Crippen LogP contribution in [0.3, 0.4) is 0 Å². The van der Waals surface area contributed by atoms with Gasteiger partial charge in [0.2, 0.25) is 0 Å². The van der Waals surface area contributed by atoms with E-state index in [2.05, 4.69) is 36.7 Å². The van der Waals surface area contributed by atoms with Crippen molar-refractivity contribution < 1.29 is 19.1 Å². The number of ether oxygens (including phenoxy) is 2. The minimum absolute atomic E-state index is 0.0734. The first-order valence-corrected chi connectivity index (χ1v) is 13.0. The lowest BCUT2D eigenvalue weighted by atomic mass is 10.2. The lowest BCUT2D eigenvalue weighted by molar-refractivity contribution is -0.120. The number of amides is 2. The van der Waals surface area contributed by atoms with E-state index in [1.54, 1.807) is 18.2 Å². The first kappa shape index (κ1) is 26.9. The van der Waals surface area contributed by atoms with Gasteiger partial charge in [0.1, 0.15) is 0 Å². The minimum Gasteiger partial charge on any atom is -0.493 e. The van der Waals surface area contributed by atoms with Gasteiger partial charge < -0.3 is 15.2 Å². The molecule has 0 aliphatic rings. The number of hydrogen-bond donors (Lipinski definition) is 2. The molecule has 0 spiro atoms. The van der Waals surface area contributed by atoms with Gasteiger partial charge in [0.25, 0.3) is 11.8 Å². The molecule has 1 heterocycles. The number of para-hydroxylation sites is 1. The Hall–Kier alpha value is -4.16. The Labute approximate surface area is 231 Å². The Bertz CT molecular complexity index is 1460. The molecule has 0 saturated heterocycles. The first-order valence-electron chi connectivity index (χ1n) is 11.2. The van der Waals surface area contributed by atoms with Gasteiger partial charge in [0.05, 0.1) is 19.1 Å². The Morgan fingerprint density at radius 3 is 2.63 bits per heavy atom. The highest BCUT2D eigenvalue weighted by molar-refractivity contribution is 9.10. The van der Waals surface area contributed by atoms with Crippen molar-refractivity contribution in [3.05, 3.63) is 82.8 Å². The molecule has 12 heteroatoms. The van der Waals surface area contributed by atoms with Crippen molar-refractivity contribution in [1.82, 2.24) is 20.2 Å². The Kier molecular flexibility index (Phi) is 9.11. The van der Waals surface area contributed by atoms with Crippen molar-refractivity contribution in [3.8, 4) is 28.6 Å². The largest absolute Gasteiger partial charge is 0.493 e. The third-order valence-electron chi connectivity index (χ3n) is 5.02. The summed E-state index contributed by atoms with van der Waals surface area (Å²) in [6.45, 7) is -0.264. The topological polar surface area (TPSA) is 134 Å². The molecule has 0 bridgehead atoms. The number of thioether (sulfide) groups is 1. The molecule has 38 heavy (non-hydrogen) atoms. The fraction of sp³-hybridized carbons (Fsp3) is 0.115. The van der Waals surface area contributed by atoms with Gasteiger partial charge in [-0.25, -0.2) is 5.43 Å². The van der Waals surface area contributed by atoms with Crippen LogP contribution in [0.1, 0.15) is 5.56 Å². The number of hydrazone groups is 1. The highest BCUT2D eigenvalue weighted by Gasteiger charge is 2.17. The highest BCUT2D eigenvalue weighted by Crippen LogP contribution is 2.29. The summed E-state index contributed by atoms with van der Waals surface area (Å²) in [5.74, 6) is 0.600. The van der Waals surface area contributed by atoms with Gasteiger partial charge in [-0.3, -0.25) is 14.2 Å². The fourth-order valence-electron chi connectivity index (χ4n) is 3.36. The maximum atomic E-state index is 12.5. The van der Waals surface area contributed by atoms with Gasteiger partial charge in [-0.1, -0.05) is 58.0 Å². The Morgan fingerprint density at radius 1 is 1.08 bits per heavy atom. The van der Waals surface area contributed by atoms with Crippen molar-refractivity contribution >= 4 is 45.7 Å². The van der Waals surface area contributed by atoms with Crippen LogP contribution in [0.5, 0.6) is 11.5 Å². The van der Waals surface area contributed by atoms with E-state index in [0.717, 1.165) is 15.7 Å². The van der Waals surface area contributed by atoms with Crippen LogP contribution in [0.4, 0.5) is 0 Å². The highest BCUT2D eigenvalue weighted by atomic mass is 79.9. The number of methoxy groups -OCH3 is 1. The predicted octanol–water partition coefficient (Wildman–Crippen LogP) is 3.81. The zero-order valence-electron chi connectivity index (χ0n) is 20.2. The number of carbonyl (C=O) groups excluding carboxylic acids is 2. The van der Waals surface area contributed by atoms with E-state index in [4.69, 9.17) is 15.2 Å². The van der Waals surface area contributed by atoms with E-state index >= 15 is 0 Å². The van der Waals surface area contributed by atoms with Gasteiger partial charge in [0.15, 0.2) is 29.1 Å². The van der Waals surface area contributed by atoms with Crippen molar-refractivity contribution in [2.45, 2.75) is 5.16 Å². The number of nitrogens with one attached hydrogen (secondary N) is 1. The van der Waals surface area contributed by atoms with Crippen LogP contribution in [0.25, 0.3) is 17.1 Å². The summed E-state index contributed by atoms with van der Waals surface area (Å²) in [6.07, 6.45) is 1.47. The molecule has 0 atom stereocenters. The molecule has 0 unspecified atom stereocenters. The van der Waals surface area contributed by atoms with Crippen LogP contribution in [0.15, 0.2) is 87.5 Å². The predicted molar refractivity (Wildman–Crippen MR) is 149 cm³/mol. The molecule has 4 rings (SSSR count). The second-order valence-electron chi connectivity index (χ2n) is 7.73. The van der Waals surface area contributed by atoms with Crippen LogP contribution in [-0.2, 0) is 9.59 Å². The van der Waals surface area contributed by atoms with E-state index in [9.17, 15) is 9.59 Å². The molecular formula is C26H23BrN6O4S. The van der Waals surface area contributed by atoms with E-state index in [0.29, 0.717) is 28.0 Å². The van der Waals surface area contributed by atoms with E-state index < -0.39 is 5.91 Å². The molecule has 194 valence electrons. The van der Waals surface area contributed by atoms with Crippen LogP contribution in [-0.4, -0.2) is 52.3 Å². The zero-order valence-corrected chi connectivity index (χ0v) is 22.6. The van der Waals surface area contributed by atoms with Gasteiger partial charge >= 0.3 is 0 Å². The normalized spacial score (nSPS) is 10.9. The van der Waals surface area contributed by atoms with Crippen molar-refractivity contribution in [2.75, 3.05) is 19.5 Å². The molecule has 0 saturated carbocycles. The van der Waals surface area contributed by atoms with Crippen molar-refractivity contribution in [3.63, 3.8) is 0 Å². The molecule has 3 N–H and O–H groups in total. The molecule has 2 amide bonds. The van der Waals surface area contributed by atoms with Crippen LogP contribution < -0.4 is 20.6 Å². The standard InChI is InChI=1S/C26H23BrN6O4S/c1-36-22-12-17(10-11-21(22)37-15-23(28)34)14-29-30-24(35)16-38-26-32-31-25(18-6-5-7-19(27)13-18)33(26)20-8-3-2-4-9-20/h2-14H,15-16H2,1H3,(H2,28,34)(H,30,35)/b29-14-. The number of carbonyl (C=O) groups is 2. The lowest BCUT2D eigenvalue weighted by Crippen LogP contribution is -2.20. The third kappa shape index (κ3) is 6.99. The summed E-state index contributed by atoms with van der Waals surface area (Å²) in [7, 11) is 1.47. The molecule has 1 aromatic heterocycles. The zero-order chi connectivity index (χ0) is 26.9. The maximum Gasteiger partial charge on any atom is 0.255 e. The average Bonchev–Trinajstić information content (AvgIpc) is 3.35. The number of rotatable bonds is 11. The first-order chi connectivity index (χ1) is 18.4. The smallest absolute Gasteiger partial charge is 0.255 e. The molecule has 3 aromatic carbocycles. The lowest BCUT2D eigenvalue weighted by Gasteiger charge is -2.10. The van der Waals surface area contributed by atoms with Gasteiger partial charge in [-0.15, -0.1) is 10.2 Å². The summed E-state index contributed by atoms with van der Waals surface area (Å²) < 4.78 is 13.4. The maximum absolute atomic E-state index is 12.5. The van der Waals surface area contributed by atoms with Gasteiger partial charge in [-0.2, -0.15) is 5.10 Å². The van der Waals surface area contributed by atoms with E-state index in [1.807, 2.05) is 59.2 Å². The van der Waals surface area contributed by atoms with Crippen LogP contribution in [0.2, 0.25) is 0 Å². The van der Waals surface area contributed by atoms with E-state index in [1.165, 1.54) is 25.1 Å². The molecule has 10 nitrogen and oxygen atoms in total. The summed E-state index contributed by atoms with van der Waals surface area (Å²) in [5, 5.41) is 13.3. The number of halogens is 1. The average molecular weight is 595 g/mol. The molecular weight excluding hydrogens is 572 g/mol. The second kappa shape index (κ2) is 12.9. The number of primary amides is 1. The fourth-order valence-corrected chi connectivity index (χ4v) is 4.51. The number of nitrogens with two attached hydrogens (primary N) is 1. The van der Waals surface area contributed by atoms with Gasteiger partial charge in [0, 0.05) is 15.7 Å². The monoisotopic (exact) mass is 594 g/mol. The SMILES string of the molecule is COc1cc(/C=N\NC(=O)CSc2nnc(-c3cccc(Br)c3)n2-c2ccccc2)ccc1OCC(N)=O. The van der Waals surface area contributed by atoms with Crippen molar-refractivity contribution in [2.24, 2.45) is 10.8 Å². The van der Waals surface area contributed by atoms with Gasteiger partial charge in [-0.05, 0) is 48.0 Å². The molecule has 0 aliphatic carbocycles. The van der Waals surface area contributed by atoms with E-state index in [-0.39, 0.29) is 18.3 Å². The number of nitrogens with zero attached hydrogens (tertiary/aromatic N) is 4. The summed E-state index contributed by atoms with van der Waals surface area (Å²) in [6, 6.07) is 22.5. The number of aromatic nitrogens is 3. The Morgan fingerprint density at radius 2 is 1.89 bits per heavy atom. The minimum atomic E-state index is -0.593. The van der Waals surface area contributed by atoms with Crippen LogP contribution >= 0.6 is 27.7 Å². The summed E-state index contributed by atoms with van der Waals surface area (Å²) in [4.78, 5) is 23.4. The quantitative estimate of drug-likeness (QED) is 0.153. The Balaban J connectivity index is 1.43. The van der Waals surface area contributed by atoms with Crippen LogP contribution in [0, 0.1) is 0 Å². The molecule has 0 fully saturated rings.